The van der Waals surface area contributed by atoms with Gasteiger partial charge < -0.3 is 10.2 Å². The third kappa shape index (κ3) is 4.44. The molecule has 15 heavy (non-hydrogen) atoms. The maximum Gasteiger partial charge on any atom is 0.238 e. The quantitative estimate of drug-likeness (QED) is 0.914. The Hall–Kier alpha value is -0.870. The van der Waals surface area contributed by atoms with E-state index in [2.05, 4.69) is 21.2 Å². The minimum atomic E-state index is -0.00231. The zero-order valence-corrected chi connectivity index (χ0v) is 10.8. The van der Waals surface area contributed by atoms with Gasteiger partial charge in [0, 0.05) is 10.2 Å². The van der Waals surface area contributed by atoms with E-state index in [1.165, 1.54) is 0 Å². The second-order valence-corrected chi connectivity index (χ2v) is 4.72. The fourth-order valence-corrected chi connectivity index (χ4v) is 1.90. The van der Waals surface area contributed by atoms with Crippen molar-refractivity contribution in [2.75, 3.05) is 26.0 Å². The Balaban J connectivity index is 2.68. The lowest BCUT2D eigenvalue weighted by atomic mass is 10.2. The fraction of sp³-hybridized carbons (Fsp3) is 0.364. The molecule has 0 radical (unpaired) electrons. The summed E-state index contributed by atoms with van der Waals surface area (Å²) >= 11 is 3.39. The summed E-state index contributed by atoms with van der Waals surface area (Å²) in [4.78, 5) is 13.3. The minimum Gasteiger partial charge on any atom is -0.325 e. The lowest BCUT2D eigenvalue weighted by Gasteiger charge is -2.10. The molecule has 0 aliphatic rings. The molecule has 4 heteroatoms. The van der Waals surface area contributed by atoms with Crippen LogP contribution in [0.4, 0.5) is 5.69 Å². The molecular formula is C11H15BrN2O. The van der Waals surface area contributed by atoms with Gasteiger partial charge >= 0.3 is 0 Å². The first-order chi connectivity index (χ1) is 6.97. The van der Waals surface area contributed by atoms with Gasteiger partial charge in [-0.15, -0.1) is 0 Å². The van der Waals surface area contributed by atoms with Crippen molar-refractivity contribution in [2.24, 2.45) is 0 Å². The van der Waals surface area contributed by atoms with Crippen molar-refractivity contribution < 1.29 is 4.79 Å². The number of aryl methyl sites for hydroxylation is 1. The van der Waals surface area contributed by atoms with Crippen LogP contribution in [0.3, 0.4) is 0 Å². The number of nitrogens with zero attached hydrogens (tertiary/aromatic N) is 1. The third-order valence-electron chi connectivity index (χ3n) is 1.79. The van der Waals surface area contributed by atoms with Gasteiger partial charge in [-0.05, 0) is 44.8 Å². The van der Waals surface area contributed by atoms with Crippen LogP contribution in [0.1, 0.15) is 5.56 Å². The highest BCUT2D eigenvalue weighted by atomic mass is 79.9. The van der Waals surface area contributed by atoms with E-state index >= 15 is 0 Å². The van der Waals surface area contributed by atoms with E-state index in [1.54, 1.807) is 0 Å². The molecule has 0 fully saturated rings. The molecule has 0 saturated carbocycles. The molecule has 0 bridgehead atoms. The molecule has 0 aliphatic heterocycles. The van der Waals surface area contributed by atoms with Crippen LogP contribution >= 0.6 is 15.9 Å². The summed E-state index contributed by atoms with van der Waals surface area (Å²) in [6, 6.07) is 5.83. The summed E-state index contributed by atoms with van der Waals surface area (Å²) in [5.41, 5.74) is 1.94. The number of carbonyl (C=O) groups is 1. The van der Waals surface area contributed by atoms with E-state index in [4.69, 9.17) is 0 Å². The molecule has 1 amide bonds. The minimum absolute atomic E-state index is 0.00231. The maximum atomic E-state index is 11.5. The van der Waals surface area contributed by atoms with Crippen LogP contribution in [0.25, 0.3) is 0 Å². The number of halogens is 1. The smallest absolute Gasteiger partial charge is 0.238 e. The van der Waals surface area contributed by atoms with Gasteiger partial charge in [-0.2, -0.15) is 0 Å². The number of likely N-dealkylation sites (N-methyl/N-ethyl adjacent to an activating group) is 1. The Bertz CT molecular complexity index is 343. The first kappa shape index (κ1) is 12.2. The Morgan fingerprint density at radius 2 is 2.07 bits per heavy atom. The van der Waals surface area contributed by atoms with Crippen LogP contribution in [0.15, 0.2) is 22.7 Å². The predicted molar refractivity (Wildman–Crippen MR) is 66.1 cm³/mol. The van der Waals surface area contributed by atoms with E-state index in [0.717, 1.165) is 15.7 Å². The van der Waals surface area contributed by atoms with Gasteiger partial charge in [0.25, 0.3) is 0 Å². The second-order valence-electron chi connectivity index (χ2n) is 3.80. The summed E-state index contributed by atoms with van der Waals surface area (Å²) < 4.78 is 0.975. The first-order valence-electron chi connectivity index (χ1n) is 4.69. The molecule has 1 aromatic rings. The predicted octanol–water partition coefficient (Wildman–Crippen LogP) is 2.26. The van der Waals surface area contributed by atoms with Crippen LogP contribution in [0.2, 0.25) is 0 Å². The van der Waals surface area contributed by atoms with E-state index in [0.29, 0.717) is 6.54 Å². The number of rotatable bonds is 3. The van der Waals surface area contributed by atoms with Crippen molar-refractivity contribution in [2.45, 2.75) is 6.92 Å². The van der Waals surface area contributed by atoms with Crippen LogP contribution in [-0.2, 0) is 4.79 Å². The Kier molecular flexibility index (Phi) is 4.29. The number of anilines is 1. The Labute approximate surface area is 98.6 Å². The van der Waals surface area contributed by atoms with E-state index in [1.807, 2.05) is 44.1 Å². The number of carbonyl (C=O) groups excluding carboxylic acids is 1. The molecular weight excluding hydrogens is 256 g/mol. The van der Waals surface area contributed by atoms with Crippen molar-refractivity contribution >= 4 is 27.5 Å². The van der Waals surface area contributed by atoms with Gasteiger partial charge in [0.15, 0.2) is 0 Å². The molecule has 1 N–H and O–H groups in total. The number of amides is 1. The highest BCUT2D eigenvalue weighted by Crippen LogP contribution is 2.18. The van der Waals surface area contributed by atoms with Crippen molar-refractivity contribution in [1.29, 1.82) is 0 Å². The van der Waals surface area contributed by atoms with Crippen LogP contribution in [-0.4, -0.2) is 31.4 Å². The Morgan fingerprint density at radius 3 is 2.60 bits per heavy atom. The second kappa shape index (κ2) is 5.28. The maximum absolute atomic E-state index is 11.5. The summed E-state index contributed by atoms with van der Waals surface area (Å²) in [7, 11) is 3.73. The largest absolute Gasteiger partial charge is 0.325 e. The molecule has 1 aromatic carbocycles. The molecule has 0 atom stereocenters. The number of benzene rings is 1. The van der Waals surface area contributed by atoms with Crippen molar-refractivity contribution in [3.8, 4) is 0 Å². The summed E-state index contributed by atoms with van der Waals surface area (Å²) in [5.74, 6) is -0.00231. The standard InChI is InChI=1S/C11H15BrN2O/c1-8-4-9(12)6-10(5-8)13-11(15)7-14(2)3/h4-6H,7H2,1-3H3,(H,13,15). The van der Waals surface area contributed by atoms with Gasteiger partial charge in [0.1, 0.15) is 0 Å². The normalized spacial score (nSPS) is 10.5. The van der Waals surface area contributed by atoms with Crippen molar-refractivity contribution in [3.63, 3.8) is 0 Å². The molecule has 82 valence electrons. The monoisotopic (exact) mass is 270 g/mol. The molecule has 0 saturated heterocycles. The number of hydrogen-bond donors (Lipinski definition) is 1. The zero-order valence-electron chi connectivity index (χ0n) is 9.17. The number of nitrogens with one attached hydrogen (secondary N) is 1. The van der Waals surface area contributed by atoms with E-state index in [9.17, 15) is 4.79 Å². The molecule has 0 spiro atoms. The molecule has 0 aromatic heterocycles. The molecule has 0 heterocycles. The summed E-state index contributed by atoms with van der Waals surface area (Å²) in [5, 5.41) is 2.84. The fourth-order valence-electron chi connectivity index (χ4n) is 1.30. The van der Waals surface area contributed by atoms with Gasteiger partial charge in [0.2, 0.25) is 5.91 Å². The zero-order chi connectivity index (χ0) is 11.4. The first-order valence-corrected chi connectivity index (χ1v) is 5.48. The Morgan fingerprint density at radius 1 is 1.40 bits per heavy atom. The molecule has 0 aliphatic carbocycles. The lowest BCUT2D eigenvalue weighted by Crippen LogP contribution is -2.27. The van der Waals surface area contributed by atoms with E-state index < -0.39 is 0 Å². The highest BCUT2D eigenvalue weighted by molar-refractivity contribution is 9.10. The van der Waals surface area contributed by atoms with Crippen LogP contribution in [0, 0.1) is 6.92 Å². The SMILES string of the molecule is Cc1cc(Br)cc(NC(=O)CN(C)C)c1. The molecule has 0 unspecified atom stereocenters. The van der Waals surface area contributed by atoms with E-state index in [-0.39, 0.29) is 5.91 Å². The molecule has 1 rings (SSSR count). The summed E-state index contributed by atoms with van der Waals surface area (Å²) in [6.07, 6.45) is 0. The van der Waals surface area contributed by atoms with Crippen LogP contribution < -0.4 is 5.32 Å². The third-order valence-corrected chi connectivity index (χ3v) is 2.24. The average molecular weight is 271 g/mol. The van der Waals surface area contributed by atoms with Gasteiger partial charge in [-0.25, -0.2) is 0 Å². The topological polar surface area (TPSA) is 32.3 Å². The van der Waals surface area contributed by atoms with Gasteiger partial charge in [-0.3, -0.25) is 4.79 Å². The number of hydrogen-bond acceptors (Lipinski definition) is 2. The van der Waals surface area contributed by atoms with Gasteiger partial charge in [0.05, 0.1) is 6.54 Å². The van der Waals surface area contributed by atoms with Crippen LogP contribution in [0.5, 0.6) is 0 Å². The average Bonchev–Trinajstić information content (AvgIpc) is 1.98. The highest BCUT2D eigenvalue weighted by Gasteiger charge is 2.04. The van der Waals surface area contributed by atoms with Gasteiger partial charge in [-0.1, -0.05) is 15.9 Å². The van der Waals surface area contributed by atoms with Crippen molar-refractivity contribution in [3.05, 3.63) is 28.2 Å². The van der Waals surface area contributed by atoms with Crippen molar-refractivity contribution in [1.82, 2.24) is 4.90 Å². The lowest BCUT2D eigenvalue weighted by molar-refractivity contribution is -0.116. The summed E-state index contributed by atoms with van der Waals surface area (Å²) in [6.45, 7) is 2.39. The molecule has 3 nitrogen and oxygen atoms in total.